The highest BCUT2D eigenvalue weighted by Gasteiger charge is 2.02. The summed E-state index contributed by atoms with van der Waals surface area (Å²) in [5, 5.41) is 16.0. The van der Waals surface area contributed by atoms with Crippen LogP contribution in [0.4, 0.5) is 0 Å². The highest BCUT2D eigenvalue weighted by Crippen LogP contribution is 2.13. The number of carbonyl (C=O) groups excluding carboxylic acids is 1. The van der Waals surface area contributed by atoms with Gasteiger partial charge in [-0.2, -0.15) is 0 Å². The Hall–Kier alpha value is -1.10. The summed E-state index contributed by atoms with van der Waals surface area (Å²) in [4.78, 5) is 20.3. The van der Waals surface area contributed by atoms with Crippen molar-refractivity contribution in [2.75, 3.05) is 13.2 Å². The second kappa shape index (κ2) is 25.9. The van der Waals surface area contributed by atoms with Crippen molar-refractivity contribution < 1.29 is 24.5 Å². The molecule has 0 amide bonds. The molecule has 0 heterocycles. The van der Waals surface area contributed by atoms with E-state index in [1.807, 2.05) is 0 Å². The minimum Gasteiger partial charge on any atom is -0.481 e. The summed E-state index contributed by atoms with van der Waals surface area (Å²) < 4.78 is 5.00. The van der Waals surface area contributed by atoms with Crippen molar-refractivity contribution in [1.29, 1.82) is 0 Å². The van der Waals surface area contributed by atoms with E-state index in [9.17, 15) is 4.79 Å². The molecule has 0 aliphatic heterocycles. The summed E-state index contributed by atoms with van der Waals surface area (Å²) >= 11 is 0. The number of esters is 1. The molecular formula is C23H46O5. The van der Waals surface area contributed by atoms with Crippen LogP contribution >= 0.6 is 0 Å². The van der Waals surface area contributed by atoms with Crippen molar-refractivity contribution in [2.24, 2.45) is 0 Å². The standard InChI is InChI=1S/C21H42O3.C2H4O2/c1-2-3-4-5-6-7-8-9-10-11-12-13-14-15-16-18-21(23)24-20-17-19-22;1-2(3)4/h22H,2-20H2,1H3;1H3,(H,3,4). The van der Waals surface area contributed by atoms with E-state index < -0.39 is 5.97 Å². The van der Waals surface area contributed by atoms with E-state index in [2.05, 4.69) is 6.92 Å². The van der Waals surface area contributed by atoms with Crippen molar-refractivity contribution in [3.05, 3.63) is 0 Å². The summed E-state index contributed by atoms with van der Waals surface area (Å²) in [6.07, 6.45) is 21.1. The van der Waals surface area contributed by atoms with Crippen LogP contribution in [-0.4, -0.2) is 35.4 Å². The molecule has 0 rings (SSSR count). The summed E-state index contributed by atoms with van der Waals surface area (Å²) in [6, 6.07) is 0. The van der Waals surface area contributed by atoms with Gasteiger partial charge in [0.05, 0.1) is 6.61 Å². The van der Waals surface area contributed by atoms with Gasteiger partial charge in [-0.25, -0.2) is 0 Å². The fraction of sp³-hybridized carbons (Fsp3) is 0.913. The van der Waals surface area contributed by atoms with Gasteiger partial charge in [0.25, 0.3) is 5.97 Å². The summed E-state index contributed by atoms with van der Waals surface area (Å²) in [7, 11) is 0. The molecule has 0 aliphatic carbocycles. The minimum absolute atomic E-state index is 0.0895. The van der Waals surface area contributed by atoms with Gasteiger partial charge in [-0.3, -0.25) is 9.59 Å². The number of carboxylic acid groups (broad SMARTS) is 1. The van der Waals surface area contributed by atoms with Gasteiger partial charge in [-0.1, -0.05) is 96.8 Å². The smallest absolute Gasteiger partial charge is 0.305 e. The van der Waals surface area contributed by atoms with Crippen molar-refractivity contribution in [3.8, 4) is 0 Å². The normalized spacial score (nSPS) is 10.2. The van der Waals surface area contributed by atoms with Gasteiger partial charge in [0.1, 0.15) is 0 Å². The van der Waals surface area contributed by atoms with E-state index in [0.29, 0.717) is 19.4 Å². The Morgan fingerprint density at radius 1 is 0.679 bits per heavy atom. The SMILES string of the molecule is CC(=O)O.CCCCCCCCCCCCCCCCCC(=O)OCCCO. The van der Waals surface area contributed by atoms with E-state index in [1.54, 1.807) is 0 Å². The highest BCUT2D eigenvalue weighted by molar-refractivity contribution is 5.69. The Kier molecular flexibility index (Phi) is 26.9. The van der Waals surface area contributed by atoms with E-state index in [4.69, 9.17) is 19.7 Å². The van der Waals surface area contributed by atoms with Crippen LogP contribution in [0.5, 0.6) is 0 Å². The third-order valence-electron chi connectivity index (χ3n) is 4.55. The van der Waals surface area contributed by atoms with E-state index in [-0.39, 0.29) is 12.6 Å². The molecule has 168 valence electrons. The fourth-order valence-electron chi connectivity index (χ4n) is 2.96. The molecule has 5 heteroatoms. The average Bonchev–Trinajstić information content (AvgIpc) is 2.64. The third-order valence-corrected chi connectivity index (χ3v) is 4.55. The molecule has 0 radical (unpaired) electrons. The Morgan fingerprint density at radius 2 is 1.04 bits per heavy atom. The van der Waals surface area contributed by atoms with Gasteiger partial charge in [-0.15, -0.1) is 0 Å². The Balaban J connectivity index is 0. The van der Waals surface area contributed by atoms with Crippen LogP contribution in [0.25, 0.3) is 0 Å². The van der Waals surface area contributed by atoms with Gasteiger partial charge in [-0.05, 0) is 6.42 Å². The number of rotatable bonds is 19. The van der Waals surface area contributed by atoms with Gasteiger partial charge in [0, 0.05) is 26.4 Å². The topological polar surface area (TPSA) is 83.8 Å². The number of carbonyl (C=O) groups is 2. The first-order chi connectivity index (χ1) is 13.5. The lowest BCUT2D eigenvalue weighted by atomic mass is 10.0. The van der Waals surface area contributed by atoms with Gasteiger partial charge in [0.2, 0.25) is 0 Å². The third kappa shape index (κ3) is 32.6. The molecule has 0 atom stereocenters. The first-order valence-corrected chi connectivity index (χ1v) is 11.5. The van der Waals surface area contributed by atoms with Crippen molar-refractivity contribution >= 4 is 11.9 Å². The number of aliphatic carboxylic acids is 1. The van der Waals surface area contributed by atoms with Crippen LogP contribution in [0, 0.1) is 0 Å². The molecule has 0 saturated carbocycles. The molecule has 0 saturated heterocycles. The van der Waals surface area contributed by atoms with Crippen LogP contribution in [0.1, 0.15) is 123 Å². The van der Waals surface area contributed by atoms with Crippen molar-refractivity contribution in [2.45, 2.75) is 123 Å². The highest BCUT2D eigenvalue weighted by atomic mass is 16.5. The van der Waals surface area contributed by atoms with Gasteiger partial charge >= 0.3 is 5.97 Å². The lowest BCUT2D eigenvalue weighted by Crippen LogP contribution is -2.06. The first kappa shape index (κ1) is 29.1. The second-order valence-corrected chi connectivity index (χ2v) is 7.52. The predicted octanol–water partition coefficient (Wildman–Crippen LogP) is 6.26. The van der Waals surface area contributed by atoms with Crippen LogP contribution in [0.15, 0.2) is 0 Å². The monoisotopic (exact) mass is 402 g/mol. The fourth-order valence-corrected chi connectivity index (χ4v) is 2.96. The maximum atomic E-state index is 11.3. The summed E-state index contributed by atoms with van der Waals surface area (Å²) in [5.41, 5.74) is 0. The number of aliphatic hydroxyl groups is 1. The number of unbranched alkanes of at least 4 members (excludes halogenated alkanes) is 14. The lowest BCUT2D eigenvalue weighted by molar-refractivity contribution is -0.144. The average molecular weight is 403 g/mol. The zero-order chi connectivity index (χ0) is 21.3. The van der Waals surface area contributed by atoms with Crippen LogP contribution in [0.3, 0.4) is 0 Å². The molecule has 5 nitrogen and oxygen atoms in total. The molecule has 0 aliphatic rings. The number of carboxylic acids is 1. The van der Waals surface area contributed by atoms with Gasteiger partial charge in [0.15, 0.2) is 0 Å². The van der Waals surface area contributed by atoms with E-state index in [0.717, 1.165) is 19.8 Å². The van der Waals surface area contributed by atoms with Crippen molar-refractivity contribution in [3.63, 3.8) is 0 Å². The zero-order valence-electron chi connectivity index (χ0n) is 18.6. The molecule has 0 spiro atoms. The molecule has 0 unspecified atom stereocenters. The van der Waals surface area contributed by atoms with Crippen molar-refractivity contribution in [1.82, 2.24) is 0 Å². The van der Waals surface area contributed by atoms with E-state index >= 15 is 0 Å². The summed E-state index contributed by atoms with van der Waals surface area (Å²) in [6.45, 7) is 3.80. The number of hydrogen-bond acceptors (Lipinski definition) is 4. The molecule has 0 aromatic carbocycles. The Morgan fingerprint density at radius 3 is 1.39 bits per heavy atom. The van der Waals surface area contributed by atoms with Crippen LogP contribution < -0.4 is 0 Å². The maximum absolute atomic E-state index is 11.3. The Bertz CT molecular complexity index is 327. The molecule has 2 N–H and O–H groups in total. The quantitative estimate of drug-likeness (QED) is 0.197. The lowest BCUT2D eigenvalue weighted by Gasteiger charge is -2.04. The molecule has 0 bridgehead atoms. The molecule has 0 aromatic heterocycles. The second-order valence-electron chi connectivity index (χ2n) is 7.52. The molecular weight excluding hydrogens is 356 g/mol. The molecule has 0 aromatic rings. The zero-order valence-corrected chi connectivity index (χ0v) is 18.6. The first-order valence-electron chi connectivity index (χ1n) is 11.5. The van der Waals surface area contributed by atoms with Crippen LogP contribution in [0.2, 0.25) is 0 Å². The largest absolute Gasteiger partial charge is 0.481 e. The van der Waals surface area contributed by atoms with Crippen LogP contribution in [-0.2, 0) is 14.3 Å². The Labute approximate surface area is 173 Å². The predicted molar refractivity (Wildman–Crippen MR) is 116 cm³/mol. The molecule has 0 fully saturated rings. The number of ether oxygens (including phenoxy) is 1. The van der Waals surface area contributed by atoms with Gasteiger partial charge < -0.3 is 14.9 Å². The van der Waals surface area contributed by atoms with E-state index in [1.165, 1.54) is 83.5 Å². The summed E-state index contributed by atoms with van der Waals surface area (Å²) in [5.74, 6) is -0.946. The maximum Gasteiger partial charge on any atom is 0.305 e. The number of hydrogen-bond donors (Lipinski definition) is 2. The molecule has 28 heavy (non-hydrogen) atoms. The minimum atomic E-state index is -0.833. The number of aliphatic hydroxyl groups excluding tert-OH is 1.